The molecule has 160 valence electrons. The summed E-state index contributed by atoms with van der Waals surface area (Å²) in [7, 11) is 0. The van der Waals surface area contributed by atoms with Gasteiger partial charge in [0.2, 0.25) is 5.91 Å². The number of anilines is 1. The maximum absolute atomic E-state index is 14.1. The fourth-order valence-electron chi connectivity index (χ4n) is 3.84. The van der Waals surface area contributed by atoms with Crippen molar-refractivity contribution in [3.63, 3.8) is 0 Å². The van der Waals surface area contributed by atoms with E-state index in [1.165, 1.54) is 18.2 Å². The highest BCUT2D eigenvalue weighted by molar-refractivity contribution is 5.78. The first kappa shape index (κ1) is 20.8. The van der Waals surface area contributed by atoms with Crippen LogP contribution in [0.4, 0.5) is 18.9 Å². The number of nitrogen functional groups attached to an aromatic ring is 1. The molecule has 1 saturated heterocycles. The normalized spacial score (nSPS) is 15.7. The maximum atomic E-state index is 14.1. The van der Waals surface area contributed by atoms with Gasteiger partial charge in [-0.2, -0.15) is 0 Å². The second kappa shape index (κ2) is 8.71. The highest BCUT2D eigenvalue weighted by Crippen LogP contribution is 2.40. The highest BCUT2D eigenvalue weighted by atomic mass is 19.2. The van der Waals surface area contributed by atoms with Gasteiger partial charge >= 0.3 is 0 Å². The summed E-state index contributed by atoms with van der Waals surface area (Å²) in [4.78, 5) is 14.3. The summed E-state index contributed by atoms with van der Waals surface area (Å²) in [5.74, 6) is -2.05. The number of halogens is 3. The number of nitrogens with zero attached hydrogens (tertiary/aromatic N) is 1. The van der Waals surface area contributed by atoms with E-state index in [-0.39, 0.29) is 5.91 Å². The number of ether oxygens (including phenoxy) is 1. The van der Waals surface area contributed by atoms with Crippen LogP contribution in [0.3, 0.4) is 0 Å². The van der Waals surface area contributed by atoms with Crippen LogP contribution in [-0.2, 0) is 4.79 Å². The minimum Gasteiger partial charge on any atom is -0.483 e. The molecule has 1 amide bonds. The number of rotatable bonds is 6. The number of carbonyl (C=O) groups excluding carboxylic acids is 1. The molecule has 0 spiro atoms. The molecular formula is C24H21F3N2O2. The predicted octanol–water partition coefficient (Wildman–Crippen LogP) is 5.17. The van der Waals surface area contributed by atoms with Crippen LogP contribution in [0.25, 0.3) is 0 Å². The minimum atomic E-state index is -1.02. The molecule has 0 bridgehead atoms. The van der Waals surface area contributed by atoms with Crippen LogP contribution in [0.2, 0.25) is 0 Å². The maximum Gasteiger partial charge on any atom is 0.223 e. The monoisotopic (exact) mass is 426 g/mol. The number of likely N-dealkylation sites (tertiary alicyclic amines) is 1. The summed E-state index contributed by atoms with van der Waals surface area (Å²) in [5, 5.41) is 0. The fourth-order valence-corrected chi connectivity index (χ4v) is 3.84. The van der Waals surface area contributed by atoms with E-state index in [9.17, 15) is 18.0 Å². The Balaban J connectivity index is 1.83. The third-order valence-corrected chi connectivity index (χ3v) is 5.36. The average Bonchev–Trinajstić information content (AvgIpc) is 3.18. The zero-order chi connectivity index (χ0) is 22.0. The van der Waals surface area contributed by atoms with E-state index in [1.807, 2.05) is 0 Å². The molecule has 4 rings (SSSR count). The highest BCUT2D eigenvalue weighted by Gasteiger charge is 2.37. The Morgan fingerprint density at radius 2 is 1.55 bits per heavy atom. The van der Waals surface area contributed by atoms with Gasteiger partial charge in [0.15, 0.2) is 11.6 Å². The quantitative estimate of drug-likeness (QED) is 0.554. The first-order valence-corrected chi connectivity index (χ1v) is 9.94. The van der Waals surface area contributed by atoms with Crippen LogP contribution >= 0.6 is 0 Å². The summed E-state index contributed by atoms with van der Waals surface area (Å²) in [6.07, 6.45) is 0.179. The molecule has 1 aliphatic rings. The van der Waals surface area contributed by atoms with Crippen LogP contribution < -0.4 is 10.5 Å². The number of benzene rings is 3. The number of hydrogen-bond acceptors (Lipinski definition) is 3. The largest absolute Gasteiger partial charge is 0.483 e. The van der Waals surface area contributed by atoms with Crippen molar-refractivity contribution in [2.75, 3.05) is 12.3 Å². The fraction of sp³-hybridized carbons (Fsp3) is 0.208. The molecule has 0 radical (unpaired) electrons. The Morgan fingerprint density at radius 3 is 2.16 bits per heavy atom. The predicted molar refractivity (Wildman–Crippen MR) is 111 cm³/mol. The molecule has 1 fully saturated rings. The van der Waals surface area contributed by atoms with E-state index >= 15 is 0 Å². The number of nitrogens with two attached hydrogens (primary N) is 1. The Morgan fingerprint density at radius 1 is 0.871 bits per heavy atom. The molecule has 3 aromatic carbocycles. The Hall–Kier alpha value is -3.48. The summed E-state index contributed by atoms with van der Waals surface area (Å²) >= 11 is 0. The molecule has 4 nitrogen and oxygen atoms in total. The topological polar surface area (TPSA) is 55.6 Å². The number of amides is 1. The second-order valence-corrected chi connectivity index (χ2v) is 7.47. The van der Waals surface area contributed by atoms with Gasteiger partial charge in [0, 0.05) is 18.7 Å². The first-order valence-electron chi connectivity index (χ1n) is 9.94. The molecule has 0 saturated carbocycles. The third kappa shape index (κ3) is 4.50. The summed E-state index contributed by atoms with van der Waals surface area (Å²) < 4.78 is 47.6. The SMILES string of the molecule is Nc1ccc(OC(c2ccc(F)c(F)c2)[C@@H](c2ccc(F)cc2)N2CCCC2=O)cc1. The number of hydrogen-bond donors (Lipinski definition) is 1. The van der Waals surface area contributed by atoms with Crippen molar-refractivity contribution < 1.29 is 22.7 Å². The van der Waals surface area contributed by atoms with Crippen LogP contribution in [0, 0.1) is 17.5 Å². The van der Waals surface area contributed by atoms with E-state index in [1.54, 1.807) is 41.3 Å². The van der Waals surface area contributed by atoms with Crippen molar-refractivity contribution in [1.82, 2.24) is 4.90 Å². The molecule has 2 N–H and O–H groups in total. The van der Waals surface area contributed by atoms with Gasteiger partial charge in [-0.3, -0.25) is 4.79 Å². The van der Waals surface area contributed by atoms with Crippen molar-refractivity contribution in [3.05, 3.63) is 95.3 Å². The molecule has 1 unspecified atom stereocenters. The van der Waals surface area contributed by atoms with Crippen LogP contribution in [0.5, 0.6) is 5.75 Å². The molecule has 31 heavy (non-hydrogen) atoms. The second-order valence-electron chi connectivity index (χ2n) is 7.47. The zero-order valence-electron chi connectivity index (χ0n) is 16.6. The molecule has 1 heterocycles. The molecule has 0 aliphatic carbocycles. The van der Waals surface area contributed by atoms with E-state index < -0.39 is 29.6 Å². The zero-order valence-corrected chi connectivity index (χ0v) is 16.6. The summed E-state index contributed by atoms with van der Waals surface area (Å²) in [5.41, 5.74) is 7.27. The van der Waals surface area contributed by atoms with E-state index in [0.717, 1.165) is 12.1 Å². The lowest BCUT2D eigenvalue weighted by Gasteiger charge is -2.35. The average molecular weight is 426 g/mol. The van der Waals surface area contributed by atoms with Crippen LogP contribution in [-0.4, -0.2) is 17.4 Å². The van der Waals surface area contributed by atoms with Gasteiger partial charge in [-0.15, -0.1) is 0 Å². The Bertz CT molecular complexity index is 1070. The van der Waals surface area contributed by atoms with Crippen LogP contribution in [0.1, 0.15) is 36.1 Å². The first-order chi connectivity index (χ1) is 14.9. The van der Waals surface area contributed by atoms with E-state index in [0.29, 0.717) is 42.0 Å². The Labute approximate surface area is 178 Å². The van der Waals surface area contributed by atoms with Crippen molar-refractivity contribution in [1.29, 1.82) is 0 Å². The number of carbonyl (C=O) groups is 1. The van der Waals surface area contributed by atoms with Crippen molar-refractivity contribution in [2.45, 2.75) is 25.0 Å². The summed E-state index contributed by atoms with van der Waals surface area (Å²) in [6, 6.07) is 15.2. The van der Waals surface area contributed by atoms with Gasteiger partial charge in [0.25, 0.3) is 0 Å². The lowest BCUT2D eigenvalue weighted by Crippen LogP contribution is -2.36. The van der Waals surface area contributed by atoms with Gasteiger partial charge in [-0.1, -0.05) is 18.2 Å². The minimum absolute atomic E-state index is 0.0807. The summed E-state index contributed by atoms with van der Waals surface area (Å²) in [6.45, 7) is 0.478. The van der Waals surface area contributed by atoms with Gasteiger partial charge in [0.1, 0.15) is 17.7 Å². The standard InChI is InChI=1S/C24H21F3N2O2/c25-17-6-3-15(4-7-17)23(29-13-1-2-22(29)30)24(16-5-12-20(26)21(27)14-16)31-19-10-8-18(28)9-11-19/h3-12,14,23-24H,1-2,13,28H2/t23-,24?/m1/s1. The van der Waals surface area contributed by atoms with Crippen LogP contribution in [0.15, 0.2) is 66.7 Å². The van der Waals surface area contributed by atoms with E-state index in [4.69, 9.17) is 10.5 Å². The van der Waals surface area contributed by atoms with Gasteiger partial charge in [0.05, 0.1) is 6.04 Å². The molecule has 7 heteroatoms. The smallest absolute Gasteiger partial charge is 0.223 e. The van der Waals surface area contributed by atoms with Gasteiger partial charge in [-0.25, -0.2) is 13.2 Å². The lowest BCUT2D eigenvalue weighted by atomic mass is 9.94. The lowest BCUT2D eigenvalue weighted by molar-refractivity contribution is -0.131. The van der Waals surface area contributed by atoms with Crippen molar-refractivity contribution in [2.24, 2.45) is 0 Å². The Kier molecular flexibility index (Phi) is 5.84. The molecular weight excluding hydrogens is 405 g/mol. The third-order valence-electron chi connectivity index (χ3n) is 5.36. The molecule has 1 aliphatic heterocycles. The molecule has 0 aromatic heterocycles. The van der Waals surface area contributed by atoms with Crippen molar-refractivity contribution >= 4 is 11.6 Å². The van der Waals surface area contributed by atoms with E-state index in [2.05, 4.69) is 0 Å². The molecule has 3 aromatic rings. The van der Waals surface area contributed by atoms with Crippen molar-refractivity contribution in [3.8, 4) is 5.75 Å². The van der Waals surface area contributed by atoms with Gasteiger partial charge < -0.3 is 15.4 Å². The van der Waals surface area contributed by atoms with Gasteiger partial charge in [-0.05, 0) is 66.1 Å². The molecule has 2 atom stereocenters.